The van der Waals surface area contributed by atoms with Crippen molar-refractivity contribution in [3.8, 4) is 5.75 Å². The molecule has 7 heteroatoms. The normalized spacial score (nSPS) is 10.9. The van der Waals surface area contributed by atoms with E-state index in [1.807, 2.05) is 19.9 Å². The summed E-state index contributed by atoms with van der Waals surface area (Å²) in [6, 6.07) is 4.91. The lowest BCUT2D eigenvalue weighted by Gasteiger charge is -2.11. The van der Waals surface area contributed by atoms with Crippen LogP contribution in [0.4, 0.5) is 11.5 Å². The van der Waals surface area contributed by atoms with Gasteiger partial charge in [-0.3, -0.25) is 0 Å². The van der Waals surface area contributed by atoms with Crippen LogP contribution in [0.15, 0.2) is 18.2 Å². The molecule has 0 saturated heterocycles. The molecule has 0 spiro atoms. The summed E-state index contributed by atoms with van der Waals surface area (Å²) < 4.78 is 0. The maximum atomic E-state index is 9.51. The first-order valence-corrected chi connectivity index (χ1v) is 7.00. The lowest BCUT2D eigenvalue weighted by Crippen LogP contribution is -2.00. The fourth-order valence-corrected chi connectivity index (χ4v) is 2.44. The molecule has 0 amide bonds. The maximum absolute atomic E-state index is 9.51. The summed E-state index contributed by atoms with van der Waals surface area (Å²) in [4.78, 5) is 0. The number of aromatic nitrogens is 2. The number of halogens is 3. The van der Waals surface area contributed by atoms with Gasteiger partial charge in [-0.05, 0) is 29.7 Å². The smallest absolute Gasteiger partial charge is 0.155 e. The van der Waals surface area contributed by atoms with Gasteiger partial charge in [0.2, 0.25) is 0 Å². The van der Waals surface area contributed by atoms with E-state index >= 15 is 0 Å². The van der Waals surface area contributed by atoms with Gasteiger partial charge in [0.25, 0.3) is 0 Å². The van der Waals surface area contributed by atoms with Crippen LogP contribution >= 0.6 is 34.8 Å². The molecule has 0 saturated carbocycles. The summed E-state index contributed by atoms with van der Waals surface area (Å²) in [7, 11) is 0. The van der Waals surface area contributed by atoms with E-state index in [2.05, 4.69) is 15.5 Å². The molecule has 1 aromatic carbocycles. The average Bonchev–Trinajstić information content (AvgIpc) is 2.38. The van der Waals surface area contributed by atoms with Crippen LogP contribution in [-0.4, -0.2) is 15.3 Å². The van der Waals surface area contributed by atoms with Crippen molar-refractivity contribution in [2.24, 2.45) is 0 Å². The Bertz CT molecular complexity index is 624. The van der Waals surface area contributed by atoms with Gasteiger partial charge in [0.05, 0.1) is 10.0 Å². The molecular weight excluding hydrogens is 321 g/mol. The number of phenols is 1. The minimum atomic E-state index is -0.149. The molecule has 0 aliphatic carbocycles. The highest BCUT2D eigenvalue weighted by molar-refractivity contribution is 6.37. The average molecular weight is 333 g/mol. The van der Waals surface area contributed by atoms with E-state index < -0.39 is 0 Å². The standard InChI is InChI=1S/C13H12Cl3N3O/c1-6(2)8-5-11(18-19-13(8)16)17-7-3-9(14)12(20)10(15)4-7/h3-6,20H,1-2H3,(H,17,18). The highest BCUT2D eigenvalue weighted by Crippen LogP contribution is 2.35. The number of hydrogen-bond donors (Lipinski definition) is 2. The zero-order valence-electron chi connectivity index (χ0n) is 10.8. The first-order chi connectivity index (χ1) is 9.38. The quantitative estimate of drug-likeness (QED) is 0.776. The van der Waals surface area contributed by atoms with Gasteiger partial charge in [0.15, 0.2) is 16.7 Å². The summed E-state index contributed by atoms with van der Waals surface area (Å²) in [5, 5.41) is 21.1. The second-order valence-corrected chi connectivity index (χ2v) is 5.72. The molecule has 2 N–H and O–H groups in total. The molecule has 2 rings (SSSR count). The molecule has 1 heterocycles. The van der Waals surface area contributed by atoms with Crippen molar-refractivity contribution in [1.82, 2.24) is 10.2 Å². The molecule has 20 heavy (non-hydrogen) atoms. The Kier molecular flexibility index (Phi) is 4.58. The van der Waals surface area contributed by atoms with Gasteiger partial charge in [-0.25, -0.2) is 0 Å². The molecule has 0 radical (unpaired) electrons. The summed E-state index contributed by atoms with van der Waals surface area (Å²) in [5.41, 5.74) is 1.49. The van der Waals surface area contributed by atoms with Crippen molar-refractivity contribution < 1.29 is 5.11 Å². The number of nitrogens with zero attached hydrogens (tertiary/aromatic N) is 2. The zero-order chi connectivity index (χ0) is 14.9. The second kappa shape index (κ2) is 6.04. The van der Waals surface area contributed by atoms with Crippen LogP contribution in [0.5, 0.6) is 5.75 Å². The zero-order valence-corrected chi connectivity index (χ0v) is 13.1. The highest BCUT2D eigenvalue weighted by atomic mass is 35.5. The second-order valence-electron chi connectivity index (χ2n) is 4.54. The van der Waals surface area contributed by atoms with Gasteiger partial charge in [0, 0.05) is 5.69 Å². The Labute approximate surface area is 131 Å². The van der Waals surface area contributed by atoms with Crippen LogP contribution in [0.3, 0.4) is 0 Å². The van der Waals surface area contributed by atoms with Gasteiger partial charge < -0.3 is 10.4 Å². The number of phenolic OH excluding ortho intramolecular Hbond substituents is 1. The summed E-state index contributed by atoms with van der Waals surface area (Å²) in [6.07, 6.45) is 0. The largest absolute Gasteiger partial charge is 0.505 e. The number of benzene rings is 1. The number of aromatic hydroxyl groups is 1. The Balaban J connectivity index is 2.33. The predicted octanol–water partition coefficient (Wildman–Crippen LogP) is 5.01. The van der Waals surface area contributed by atoms with Crippen LogP contribution in [0.1, 0.15) is 25.3 Å². The molecule has 106 valence electrons. The Hall–Kier alpha value is -1.23. The monoisotopic (exact) mass is 331 g/mol. The third-order valence-electron chi connectivity index (χ3n) is 2.69. The van der Waals surface area contributed by atoms with Crippen molar-refractivity contribution in [1.29, 1.82) is 0 Å². The third-order valence-corrected chi connectivity index (χ3v) is 3.56. The van der Waals surface area contributed by atoms with Crippen LogP contribution < -0.4 is 5.32 Å². The van der Waals surface area contributed by atoms with E-state index in [4.69, 9.17) is 34.8 Å². The molecule has 0 atom stereocenters. The lowest BCUT2D eigenvalue weighted by atomic mass is 10.1. The predicted molar refractivity (Wildman–Crippen MR) is 82.5 cm³/mol. The lowest BCUT2D eigenvalue weighted by molar-refractivity contribution is 0.476. The van der Waals surface area contributed by atoms with E-state index in [1.54, 1.807) is 12.1 Å². The molecular formula is C13H12Cl3N3O. The van der Waals surface area contributed by atoms with Gasteiger partial charge in [-0.15, -0.1) is 10.2 Å². The molecule has 2 aromatic rings. The van der Waals surface area contributed by atoms with E-state index in [1.165, 1.54) is 0 Å². The number of anilines is 2. The van der Waals surface area contributed by atoms with Gasteiger partial charge >= 0.3 is 0 Å². The topological polar surface area (TPSA) is 58.0 Å². The number of hydrogen-bond acceptors (Lipinski definition) is 4. The molecule has 0 aliphatic heterocycles. The third kappa shape index (κ3) is 3.26. The van der Waals surface area contributed by atoms with Crippen molar-refractivity contribution in [3.05, 3.63) is 39.0 Å². The van der Waals surface area contributed by atoms with Crippen LogP contribution in [0.2, 0.25) is 15.2 Å². The van der Waals surface area contributed by atoms with Crippen molar-refractivity contribution in [2.75, 3.05) is 5.32 Å². The van der Waals surface area contributed by atoms with E-state index in [9.17, 15) is 5.11 Å². The summed E-state index contributed by atoms with van der Waals surface area (Å²) in [5.74, 6) is 0.602. The number of rotatable bonds is 3. The van der Waals surface area contributed by atoms with Gasteiger partial charge in [-0.2, -0.15) is 0 Å². The summed E-state index contributed by atoms with van der Waals surface area (Å²) >= 11 is 17.7. The van der Waals surface area contributed by atoms with Crippen molar-refractivity contribution >= 4 is 46.3 Å². The molecule has 1 aromatic heterocycles. The molecule has 0 unspecified atom stereocenters. The van der Waals surface area contributed by atoms with E-state index in [-0.39, 0.29) is 21.7 Å². The van der Waals surface area contributed by atoms with E-state index in [0.29, 0.717) is 16.7 Å². The number of nitrogens with one attached hydrogen (secondary N) is 1. The first kappa shape index (κ1) is 15.2. The Morgan fingerprint density at radius 2 is 1.65 bits per heavy atom. The molecule has 4 nitrogen and oxygen atoms in total. The van der Waals surface area contributed by atoms with Gasteiger partial charge in [0.1, 0.15) is 0 Å². The first-order valence-electron chi connectivity index (χ1n) is 5.86. The summed E-state index contributed by atoms with van der Waals surface area (Å²) in [6.45, 7) is 4.03. The maximum Gasteiger partial charge on any atom is 0.155 e. The van der Waals surface area contributed by atoms with Crippen LogP contribution in [0, 0.1) is 0 Å². The fraction of sp³-hybridized carbons (Fsp3) is 0.231. The van der Waals surface area contributed by atoms with Crippen LogP contribution in [-0.2, 0) is 0 Å². The molecule has 0 aliphatic rings. The van der Waals surface area contributed by atoms with E-state index in [0.717, 1.165) is 5.56 Å². The minimum absolute atomic E-state index is 0.149. The minimum Gasteiger partial charge on any atom is -0.505 e. The highest BCUT2D eigenvalue weighted by Gasteiger charge is 2.11. The fourth-order valence-electron chi connectivity index (χ4n) is 1.64. The Morgan fingerprint density at radius 3 is 2.20 bits per heavy atom. The molecule has 0 fully saturated rings. The van der Waals surface area contributed by atoms with Crippen LogP contribution in [0.25, 0.3) is 0 Å². The Morgan fingerprint density at radius 1 is 1.05 bits per heavy atom. The SMILES string of the molecule is CC(C)c1cc(Nc2cc(Cl)c(O)c(Cl)c2)nnc1Cl. The van der Waals surface area contributed by atoms with Gasteiger partial charge in [-0.1, -0.05) is 48.7 Å². The van der Waals surface area contributed by atoms with Crippen molar-refractivity contribution in [2.45, 2.75) is 19.8 Å². The molecule has 0 bridgehead atoms. The van der Waals surface area contributed by atoms with Crippen molar-refractivity contribution in [3.63, 3.8) is 0 Å².